The molecule has 0 bridgehead atoms. The van der Waals surface area contributed by atoms with Crippen molar-refractivity contribution in [2.45, 2.75) is 51.3 Å². The maximum atomic E-state index is 12.7. The van der Waals surface area contributed by atoms with Gasteiger partial charge < -0.3 is 19.7 Å². The number of amides is 2. The van der Waals surface area contributed by atoms with Gasteiger partial charge in [0.2, 0.25) is 0 Å². The van der Waals surface area contributed by atoms with Crippen LogP contribution in [0.25, 0.3) is 0 Å². The van der Waals surface area contributed by atoms with Gasteiger partial charge in [-0.25, -0.2) is 9.78 Å². The van der Waals surface area contributed by atoms with Crippen molar-refractivity contribution in [3.8, 4) is 0 Å². The SMILES string of the molecule is Cc1ocnc1CNC(=O)N(Cc1ccccc1)CC1(O)CCCC1. The third kappa shape index (κ3) is 4.60. The number of rotatable bonds is 6. The zero-order valence-corrected chi connectivity index (χ0v) is 14.6. The molecule has 6 heteroatoms. The lowest BCUT2D eigenvalue weighted by atomic mass is 10.0. The first-order chi connectivity index (χ1) is 12.1. The number of urea groups is 1. The minimum atomic E-state index is -0.782. The fraction of sp³-hybridized carbons (Fsp3) is 0.474. The number of aliphatic hydroxyl groups is 1. The van der Waals surface area contributed by atoms with Crippen LogP contribution in [0.5, 0.6) is 0 Å². The van der Waals surface area contributed by atoms with Crippen LogP contribution >= 0.6 is 0 Å². The van der Waals surface area contributed by atoms with Crippen molar-refractivity contribution in [3.05, 3.63) is 53.7 Å². The molecule has 1 saturated carbocycles. The Hall–Kier alpha value is -2.34. The smallest absolute Gasteiger partial charge is 0.318 e. The minimum absolute atomic E-state index is 0.202. The van der Waals surface area contributed by atoms with Crippen molar-refractivity contribution in [2.75, 3.05) is 6.54 Å². The Kier molecular flexibility index (Phi) is 5.38. The topological polar surface area (TPSA) is 78.6 Å². The molecular formula is C19H25N3O3. The molecule has 1 aliphatic carbocycles. The van der Waals surface area contributed by atoms with Gasteiger partial charge in [0, 0.05) is 6.54 Å². The van der Waals surface area contributed by atoms with Crippen LogP contribution in [0.3, 0.4) is 0 Å². The van der Waals surface area contributed by atoms with Gasteiger partial charge in [0.1, 0.15) is 11.5 Å². The van der Waals surface area contributed by atoms with Crippen LogP contribution in [0.4, 0.5) is 4.79 Å². The van der Waals surface area contributed by atoms with E-state index < -0.39 is 5.60 Å². The molecule has 3 rings (SSSR count). The molecule has 6 nitrogen and oxygen atoms in total. The first kappa shape index (κ1) is 17.5. The predicted octanol–water partition coefficient (Wildman–Crippen LogP) is 3.00. The van der Waals surface area contributed by atoms with Crippen molar-refractivity contribution < 1.29 is 14.3 Å². The molecule has 0 unspecified atom stereocenters. The van der Waals surface area contributed by atoms with E-state index in [1.807, 2.05) is 37.3 Å². The van der Waals surface area contributed by atoms with E-state index in [0.29, 0.717) is 31.1 Å². The van der Waals surface area contributed by atoms with Gasteiger partial charge in [-0.15, -0.1) is 0 Å². The van der Waals surface area contributed by atoms with E-state index in [2.05, 4.69) is 10.3 Å². The van der Waals surface area contributed by atoms with Crippen LogP contribution in [0, 0.1) is 6.92 Å². The summed E-state index contributed by atoms with van der Waals surface area (Å²) < 4.78 is 5.16. The largest absolute Gasteiger partial charge is 0.448 e. The van der Waals surface area contributed by atoms with E-state index in [9.17, 15) is 9.90 Å². The molecule has 0 spiro atoms. The van der Waals surface area contributed by atoms with Crippen molar-refractivity contribution in [3.63, 3.8) is 0 Å². The van der Waals surface area contributed by atoms with Gasteiger partial charge in [-0.3, -0.25) is 0 Å². The summed E-state index contributed by atoms with van der Waals surface area (Å²) >= 11 is 0. The molecular weight excluding hydrogens is 318 g/mol. The average molecular weight is 343 g/mol. The lowest BCUT2D eigenvalue weighted by Gasteiger charge is -2.31. The van der Waals surface area contributed by atoms with Crippen LogP contribution in [-0.2, 0) is 13.1 Å². The Morgan fingerprint density at radius 2 is 2.04 bits per heavy atom. The highest BCUT2D eigenvalue weighted by Gasteiger charge is 2.34. The van der Waals surface area contributed by atoms with E-state index in [1.54, 1.807) is 4.90 Å². The first-order valence-corrected chi connectivity index (χ1v) is 8.74. The van der Waals surface area contributed by atoms with Gasteiger partial charge in [0.25, 0.3) is 0 Å². The van der Waals surface area contributed by atoms with Gasteiger partial charge in [-0.1, -0.05) is 43.2 Å². The molecule has 0 radical (unpaired) electrons. The number of oxazole rings is 1. The van der Waals surface area contributed by atoms with Crippen LogP contribution < -0.4 is 5.32 Å². The fourth-order valence-electron chi connectivity index (χ4n) is 3.32. The minimum Gasteiger partial charge on any atom is -0.448 e. The summed E-state index contributed by atoms with van der Waals surface area (Å²) in [5.74, 6) is 0.698. The second kappa shape index (κ2) is 7.70. The first-order valence-electron chi connectivity index (χ1n) is 8.74. The molecule has 0 atom stereocenters. The second-order valence-electron chi connectivity index (χ2n) is 6.79. The summed E-state index contributed by atoms with van der Waals surface area (Å²) in [5, 5.41) is 13.6. The molecule has 1 aromatic carbocycles. The van der Waals surface area contributed by atoms with Gasteiger partial charge >= 0.3 is 6.03 Å². The predicted molar refractivity (Wildman–Crippen MR) is 93.7 cm³/mol. The van der Waals surface area contributed by atoms with E-state index in [-0.39, 0.29) is 6.03 Å². The number of carbonyl (C=O) groups is 1. The Balaban J connectivity index is 1.68. The number of aromatic nitrogens is 1. The number of benzene rings is 1. The van der Waals surface area contributed by atoms with Gasteiger partial charge in [-0.05, 0) is 25.3 Å². The maximum absolute atomic E-state index is 12.7. The highest BCUT2D eigenvalue weighted by Crippen LogP contribution is 2.30. The van der Waals surface area contributed by atoms with Crippen LogP contribution in [0.2, 0.25) is 0 Å². The van der Waals surface area contributed by atoms with Crippen molar-refractivity contribution in [2.24, 2.45) is 0 Å². The van der Waals surface area contributed by atoms with Crippen LogP contribution in [-0.4, -0.2) is 33.2 Å². The molecule has 134 valence electrons. The number of aryl methyl sites for hydroxylation is 1. The maximum Gasteiger partial charge on any atom is 0.318 e. The highest BCUT2D eigenvalue weighted by molar-refractivity contribution is 5.74. The summed E-state index contributed by atoms with van der Waals surface area (Å²) in [7, 11) is 0. The summed E-state index contributed by atoms with van der Waals surface area (Å²) in [6.07, 6.45) is 4.88. The summed E-state index contributed by atoms with van der Waals surface area (Å²) in [4.78, 5) is 18.5. The Labute approximate surface area is 147 Å². The van der Waals surface area contributed by atoms with Crippen LogP contribution in [0.15, 0.2) is 41.1 Å². The van der Waals surface area contributed by atoms with Crippen molar-refractivity contribution >= 4 is 6.03 Å². The number of nitrogens with zero attached hydrogens (tertiary/aromatic N) is 2. The fourth-order valence-corrected chi connectivity index (χ4v) is 3.32. The van der Waals surface area contributed by atoms with Gasteiger partial charge in [-0.2, -0.15) is 0 Å². The number of hydrogen-bond acceptors (Lipinski definition) is 4. The van der Waals surface area contributed by atoms with E-state index in [1.165, 1.54) is 6.39 Å². The third-order valence-electron chi connectivity index (χ3n) is 4.77. The second-order valence-corrected chi connectivity index (χ2v) is 6.79. The standard InChI is InChI=1S/C19H25N3O3/c1-15-17(21-14-25-15)11-20-18(23)22(12-16-7-3-2-4-8-16)13-19(24)9-5-6-10-19/h2-4,7-8,14,24H,5-6,9-13H2,1H3,(H,20,23). The van der Waals surface area contributed by atoms with E-state index in [4.69, 9.17) is 4.42 Å². The quantitative estimate of drug-likeness (QED) is 0.845. The van der Waals surface area contributed by atoms with Crippen molar-refractivity contribution in [1.29, 1.82) is 0 Å². The third-order valence-corrected chi connectivity index (χ3v) is 4.77. The molecule has 1 aromatic heterocycles. The normalized spacial score (nSPS) is 15.9. The lowest BCUT2D eigenvalue weighted by molar-refractivity contribution is 0.0175. The number of carbonyl (C=O) groups excluding carboxylic acids is 1. The van der Waals surface area contributed by atoms with Gasteiger partial charge in [0.05, 0.1) is 18.7 Å². The molecule has 2 amide bonds. The Morgan fingerprint density at radius 1 is 1.32 bits per heavy atom. The zero-order valence-electron chi connectivity index (χ0n) is 14.6. The Morgan fingerprint density at radius 3 is 2.68 bits per heavy atom. The average Bonchev–Trinajstić information content (AvgIpc) is 3.21. The van der Waals surface area contributed by atoms with Crippen LogP contribution in [0.1, 0.15) is 42.7 Å². The van der Waals surface area contributed by atoms with E-state index >= 15 is 0 Å². The highest BCUT2D eigenvalue weighted by atomic mass is 16.3. The molecule has 1 aliphatic rings. The number of nitrogens with one attached hydrogen (secondary N) is 1. The van der Waals surface area contributed by atoms with E-state index in [0.717, 1.165) is 31.2 Å². The molecule has 25 heavy (non-hydrogen) atoms. The van der Waals surface area contributed by atoms with Gasteiger partial charge in [0.15, 0.2) is 6.39 Å². The molecule has 1 fully saturated rings. The molecule has 2 aromatic rings. The molecule has 2 N–H and O–H groups in total. The monoisotopic (exact) mass is 343 g/mol. The number of hydrogen-bond donors (Lipinski definition) is 2. The molecule has 0 saturated heterocycles. The molecule has 0 aliphatic heterocycles. The summed E-state index contributed by atoms with van der Waals surface area (Å²) in [6.45, 7) is 2.93. The lowest BCUT2D eigenvalue weighted by Crippen LogP contribution is -2.47. The zero-order chi connectivity index (χ0) is 17.7. The summed E-state index contributed by atoms with van der Waals surface area (Å²) in [5.41, 5.74) is 0.972. The summed E-state index contributed by atoms with van der Waals surface area (Å²) in [6, 6.07) is 9.63. The van der Waals surface area contributed by atoms with Crippen molar-refractivity contribution in [1.82, 2.24) is 15.2 Å². The Bertz CT molecular complexity index is 693. The molecule has 1 heterocycles.